The number of hydrogen-bond acceptors (Lipinski definition) is 6. The number of nitrogens with zero attached hydrogens (tertiary/aromatic N) is 3. The molecule has 1 unspecified atom stereocenters. The summed E-state index contributed by atoms with van der Waals surface area (Å²) in [7, 11) is 0. The summed E-state index contributed by atoms with van der Waals surface area (Å²) in [5, 5.41) is 18.6. The zero-order chi connectivity index (χ0) is 18.5. The molecule has 2 heterocycles. The number of aromatic nitrogens is 1. The van der Waals surface area contributed by atoms with E-state index < -0.39 is 12.1 Å². The third-order valence-electron chi connectivity index (χ3n) is 4.28. The largest absolute Gasteiger partial charge is 0.438 e. The van der Waals surface area contributed by atoms with E-state index in [1.54, 1.807) is 35.4 Å². The summed E-state index contributed by atoms with van der Waals surface area (Å²) in [6, 6.07) is 11.9. The fourth-order valence-electron chi connectivity index (χ4n) is 2.88. The van der Waals surface area contributed by atoms with Gasteiger partial charge in [-0.05, 0) is 42.7 Å². The van der Waals surface area contributed by atoms with Crippen molar-refractivity contribution in [2.45, 2.75) is 25.0 Å². The van der Waals surface area contributed by atoms with Crippen LogP contribution in [0, 0.1) is 11.3 Å². The van der Waals surface area contributed by atoms with Gasteiger partial charge in [-0.3, -0.25) is 4.79 Å². The number of nitriles is 1. The van der Waals surface area contributed by atoms with Crippen molar-refractivity contribution in [3.05, 3.63) is 53.7 Å². The number of likely N-dealkylation sites (tertiary alicyclic amines) is 1. The van der Waals surface area contributed by atoms with Crippen molar-refractivity contribution < 1.29 is 14.6 Å². The smallest absolute Gasteiger partial charge is 0.239 e. The molecule has 7 heteroatoms. The van der Waals surface area contributed by atoms with Gasteiger partial charge in [0.15, 0.2) is 0 Å². The fourth-order valence-corrected chi connectivity index (χ4v) is 2.88. The molecule has 1 amide bonds. The maximum Gasteiger partial charge on any atom is 0.239 e. The third-order valence-corrected chi connectivity index (χ3v) is 4.28. The van der Waals surface area contributed by atoms with Crippen molar-refractivity contribution in [3.8, 4) is 17.7 Å². The molecule has 26 heavy (non-hydrogen) atoms. The van der Waals surface area contributed by atoms with Crippen molar-refractivity contribution in [2.24, 2.45) is 5.73 Å². The van der Waals surface area contributed by atoms with Crippen LogP contribution in [0.1, 0.15) is 17.5 Å². The van der Waals surface area contributed by atoms with E-state index >= 15 is 0 Å². The fraction of sp³-hybridized carbons (Fsp3) is 0.316. The van der Waals surface area contributed by atoms with E-state index in [0.717, 1.165) is 5.56 Å². The average molecular weight is 352 g/mol. The zero-order valence-corrected chi connectivity index (χ0v) is 14.2. The molecule has 0 aliphatic carbocycles. The third kappa shape index (κ3) is 4.17. The highest BCUT2D eigenvalue weighted by atomic mass is 16.5. The SMILES string of the molecule is N#Cc1cccnc1Oc1ccc(C[C@H](N)C(=O)N2CCC(O)C2)cc1. The van der Waals surface area contributed by atoms with Gasteiger partial charge in [-0.25, -0.2) is 4.98 Å². The van der Waals surface area contributed by atoms with Crippen LogP contribution in [-0.2, 0) is 11.2 Å². The van der Waals surface area contributed by atoms with Gasteiger partial charge in [0.1, 0.15) is 17.4 Å². The van der Waals surface area contributed by atoms with Crippen LogP contribution in [0.2, 0.25) is 0 Å². The summed E-state index contributed by atoms with van der Waals surface area (Å²) in [6.07, 6.45) is 2.11. The Labute approximate surface area is 151 Å². The maximum absolute atomic E-state index is 12.3. The van der Waals surface area contributed by atoms with Gasteiger partial charge in [0.05, 0.1) is 12.1 Å². The van der Waals surface area contributed by atoms with Crippen LogP contribution in [0.5, 0.6) is 11.6 Å². The number of aliphatic hydroxyl groups excluding tert-OH is 1. The van der Waals surface area contributed by atoms with Crippen LogP contribution in [0.25, 0.3) is 0 Å². The summed E-state index contributed by atoms with van der Waals surface area (Å²) in [5.41, 5.74) is 7.28. The first-order chi connectivity index (χ1) is 12.6. The highest BCUT2D eigenvalue weighted by Gasteiger charge is 2.28. The van der Waals surface area contributed by atoms with E-state index in [2.05, 4.69) is 4.98 Å². The van der Waals surface area contributed by atoms with Gasteiger partial charge in [-0.1, -0.05) is 12.1 Å². The molecule has 1 aliphatic heterocycles. The van der Waals surface area contributed by atoms with Crippen molar-refractivity contribution in [1.29, 1.82) is 5.26 Å². The van der Waals surface area contributed by atoms with Crippen LogP contribution in [0.3, 0.4) is 0 Å². The monoisotopic (exact) mass is 352 g/mol. The number of benzene rings is 1. The van der Waals surface area contributed by atoms with Crippen LogP contribution in [0.15, 0.2) is 42.6 Å². The van der Waals surface area contributed by atoms with E-state index in [0.29, 0.717) is 37.2 Å². The lowest BCUT2D eigenvalue weighted by molar-refractivity contribution is -0.131. The van der Waals surface area contributed by atoms with Gasteiger partial charge in [0.2, 0.25) is 11.8 Å². The lowest BCUT2D eigenvalue weighted by Crippen LogP contribution is -2.44. The molecule has 7 nitrogen and oxygen atoms in total. The zero-order valence-electron chi connectivity index (χ0n) is 14.2. The Morgan fingerprint density at radius 1 is 1.42 bits per heavy atom. The van der Waals surface area contributed by atoms with Crippen LogP contribution in [-0.4, -0.2) is 46.1 Å². The molecular formula is C19H20N4O3. The van der Waals surface area contributed by atoms with Gasteiger partial charge in [0.25, 0.3) is 0 Å². The van der Waals surface area contributed by atoms with Gasteiger partial charge in [0, 0.05) is 19.3 Å². The summed E-state index contributed by atoms with van der Waals surface area (Å²) in [5.74, 6) is 0.655. The average Bonchev–Trinajstić information content (AvgIpc) is 3.09. The Hall–Kier alpha value is -2.95. The number of ether oxygens (including phenoxy) is 1. The van der Waals surface area contributed by atoms with Crippen LogP contribution in [0.4, 0.5) is 0 Å². The number of rotatable bonds is 5. The molecule has 0 saturated carbocycles. The van der Waals surface area contributed by atoms with E-state index in [1.165, 1.54) is 0 Å². The molecule has 1 saturated heterocycles. The summed E-state index contributed by atoms with van der Waals surface area (Å²) >= 11 is 0. The molecule has 0 spiro atoms. The number of amides is 1. The Bertz CT molecular complexity index is 816. The predicted molar refractivity (Wildman–Crippen MR) is 94.4 cm³/mol. The number of β-amino-alcohol motifs (C(OH)–C–C–N with tert-alkyl or cyclic N) is 1. The molecule has 134 valence electrons. The second kappa shape index (κ2) is 7.95. The predicted octanol–water partition coefficient (Wildman–Crippen LogP) is 1.21. The minimum Gasteiger partial charge on any atom is -0.438 e. The summed E-state index contributed by atoms with van der Waals surface area (Å²) in [6.45, 7) is 0.899. The van der Waals surface area contributed by atoms with Gasteiger partial charge < -0.3 is 20.5 Å². The molecule has 1 fully saturated rings. The highest BCUT2D eigenvalue weighted by Crippen LogP contribution is 2.23. The molecule has 1 aromatic carbocycles. The molecule has 2 atom stereocenters. The normalized spacial score (nSPS) is 17.6. The summed E-state index contributed by atoms with van der Waals surface area (Å²) in [4.78, 5) is 18.0. The summed E-state index contributed by atoms with van der Waals surface area (Å²) < 4.78 is 5.63. The molecule has 1 aromatic heterocycles. The van der Waals surface area contributed by atoms with Gasteiger partial charge >= 0.3 is 0 Å². The molecule has 1 aliphatic rings. The molecule has 3 N–H and O–H groups in total. The molecule has 2 aromatic rings. The number of aliphatic hydroxyl groups is 1. The Morgan fingerprint density at radius 2 is 2.19 bits per heavy atom. The second-order valence-corrected chi connectivity index (χ2v) is 6.25. The lowest BCUT2D eigenvalue weighted by Gasteiger charge is -2.20. The van der Waals surface area contributed by atoms with Crippen molar-refractivity contribution in [3.63, 3.8) is 0 Å². The first-order valence-electron chi connectivity index (χ1n) is 8.41. The Balaban J connectivity index is 1.61. The van der Waals surface area contributed by atoms with E-state index in [1.807, 2.05) is 18.2 Å². The molecule has 3 rings (SSSR count). The number of carbonyl (C=O) groups is 1. The first-order valence-corrected chi connectivity index (χ1v) is 8.41. The second-order valence-electron chi connectivity index (χ2n) is 6.25. The van der Waals surface area contributed by atoms with E-state index in [9.17, 15) is 9.90 Å². The quantitative estimate of drug-likeness (QED) is 0.836. The first kappa shape index (κ1) is 17.9. The maximum atomic E-state index is 12.3. The van der Waals surface area contributed by atoms with Crippen molar-refractivity contribution in [1.82, 2.24) is 9.88 Å². The van der Waals surface area contributed by atoms with Gasteiger partial charge in [-0.15, -0.1) is 0 Å². The standard InChI is InChI=1S/C19H20N4O3/c20-11-14-2-1-8-22-18(14)26-16-5-3-13(4-6-16)10-17(21)19(25)23-9-7-15(24)12-23/h1-6,8,15,17,24H,7,9-10,12,21H2/t15?,17-/m0/s1. The number of hydrogen-bond donors (Lipinski definition) is 2. The van der Waals surface area contributed by atoms with Crippen molar-refractivity contribution in [2.75, 3.05) is 13.1 Å². The van der Waals surface area contributed by atoms with Gasteiger partial charge in [-0.2, -0.15) is 5.26 Å². The van der Waals surface area contributed by atoms with E-state index in [4.69, 9.17) is 15.7 Å². The Morgan fingerprint density at radius 3 is 2.85 bits per heavy atom. The number of nitrogens with two attached hydrogens (primary N) is 1. The minimum absolute atomic E-state index is 0.144. The van der Waals surface area contributed by atoms with Crippen LogP contribution < -0.4 is 10.5 Å². The molecule has 0 bridgehead atoms. The number of pyridine rings is 1. The van der Waals surface area contributed by atoms with Crippen molar-refractivity contribution >= 4 is 5.91 Å². The number of carbonyl (C=O) groups excluding carboxylic acids is 1. The molecule has 0 radical (unpaired) electrons. The Kier molecular flexibility index (Phi) is 5.46. The van der Waals surface area contributed by atoms with E-state index in [-0.39, 0.29) is 11.8 Å². The highest BCUT2D eigenvalue weighted by molar-refractivity contribution is 5.82. The lowest BCUT2D eigenvalue weighted by atomic mass is 10.1. The minimum atomic E-state index is -0.645. The topological polar surface area (TPSA) is 112 Å². The van der Waals surface area contributed by atoms with Crippen LogP contribution >= 0.6 is 0 Å². The molecular weight excluding hydrogens is 332 g/mol.